The van der Waals surface area contributed by atoms with Gasteiger partial charge in [-0.15, -0.1) is 0 Å². The zero-order valence-electron chi connectivity index (χ0n) is 12.7. The lowest BCUT2D eigenvalue weighted by molar-refractivity contribution is 0.480. The molecule has 1 nitrogen and oxygen atoms in total. The molecule has 0 aromatic heterocycles. The summed E-state index contributed by atoms with van der Waals surface area (Å²) in [5.74, 6) is -1.58. The first-order chi connectivity index (χ1) is 10.0. The fourth-order valence-electron chi connectivity index (χ4n) is 2.49. The Kier molecular flexibility index (Phi) is 5.07. The summed E-state index contributed by atoms with van der Waals surface area (Å²) in [7, 11) is 0. The second kappa shape index (κ2) is 6.81. The standard InChI is InChI=1S/C18H21F2N/c1-4-10-21-18(14-6-5-7-16(19)17(14)20)15-11-12(2)8-9-13(15)3/h5-9,11,18,21H,4,10H2,1-3H3. The molecule has 0 saturated carbocycles. The van der Waals surface area contributed by atoms with E-state index in [1.807, 2.05) is 32.0 Å². The zero-order chi connectivity index (χ0) is 15.4. The highest BCUT2D eigenvalue weighted by Crippen LogP contribution is 2.28. The maximum atomic E-state index is 14.2. The minimum atomic E-state index is -0.805. The van der Waals surface area contributed by atoms with E-state index in [4.69, 9.17) is 0 Å². The number of benzene rings is 2. The molecule has 0 spiro atoms. The lowest BCUT2D eigenvalue weighted by Gasteiger charge is -2.22. The topological polar surface area (TPSA) is 12.0 Å². The van der Waals surface area contributed by atoms with Gasteiger partial charge >= 0.3 is 0 Å². The van der Waals surface area contributed by atoms with Crippen molar-refractivity contribution < 1.29 is 8.78 Å². The van der Waals surface area contributed by atoms with Crippen LogP contribution in [0.5, 0.6) is 0 Å². The van der Waals surface area contributed by atoms with E-state index >= 15 is 0 Å². The minimum Gasteiger partial charge on any atom is -0.306 e. The smallest absolute Gasteiger partial charge is 0.163 e. The van der Waals surface area contributed by atoms with Crippen molar-refractivity contribution in [2.24, 2.45) is 0 Å². The maximum Gasteiger partial charge on any atom is 0.163 e. The summed E-state index contributed by atoms with van der Waals surface area (Å²) in [6.07, 6.45) is 0.929. The fourth-order valence-corrected chi connectivity index (χ4v) is 2.49. The van der Waals surface area contributed by atoms with Gasteiger partial charge in [0.1, 0.15) is 0 Å². The molecule has 0 saturated heterocycles. The van der Waals surface area contributed by atoms with Crippen molar-refractivity contribution in [1.82, 2.24) is 5.32 Å². The van der Waals surface area contributed by atoms with E-state index in [1.54, 1.807) is 12.1 Å². The summed E-state index contributed by atoms with van der Waals surface area (Å²) in [6, 6.07) is 10.1. The van der Waals surface area contributed by atoms with Crippen molar-refractivity contribution in [2.75, 3.05) is 6.54 Å². The molecule has 0 fully saturated rings. The van der Waals surface area contributed by atoms with E-state index in [-0.39, 0.29) is 6.04 Å². The van der Waals surface area contributed by atoms with E-state index in [9.17, 15) is 8.78 Å². The van der Waals surface area contributed by atoms with E-state index < -0.39 is 11.6 Å². The molecular formula is C18H21F2N. The van der Waals surface area contributed by atoms with Gasteiger partial charge < -0.3 is 5.32 Å². The van der Waals surface area contributed by atoms with Crippen LogP contribution in [0, 0.1) is 25.5 Å². The van der Waals surface area contributed by atoms with Gasteiger partial charge in [0.15, 0.2) is 11.6 Å². The molecule has 2 aromatic carbocycles. The van der Waals surface area contributed by atoms with Gasteiger partial charge in [0.25, 0.3) is 0 Å². The van der Waals surface area contributed by atoms with Crippen LogP contribution >= 0.6 is 0 Å². The van der Waals surface area contributed by atoms with Crippen molar-refractivity contribution in [3.8, 4) is 0 Å². The van der Waals surface area contributed by atoms with Crippen LogP contribution in [0.3, 0.4) is 0 Å². The first-order valence-electron chi connectivity index (χ1n) is 7.29. The molecular weight excluding hydrogens is 268 g/mol. The van der Waals surface area contributed by atoms with Crippen molar-refractivity contribution in [2.45, 2.75) is 33.2 Å². The Labute approximate surface area is 125 Å². The Hall–Kier alpha value is -1.74. The van der Waals surface area contributed by atoms with Crippen LogP contribution in [0.1, 0.15) is 41.6 Å². The summed E-state index contributed by atoms with van der Waals surface area (Å²) in [5, 5.41) is 3.33. The van der Waals surface area contributed by atoms with Crippen LogP contribution in [0.2, 0.25) is 0 Å². The molecule has 2 rings (SSSR count). The van der Waals surface area contributed by atoms with Crippen LogP contribution in [-0.4, -0.2) is 6.54 Å². The first-order valence-corrected chi connectivity index (χ1v) is 7.29. The molecule has 21 heavy (non-hydrogen) atoms. The summed E-state index contributed by atoms with van der Waals surface area (Å²) >= 11 is 0. The van der Waals surface area contributed by atoms with Crippen LogP contribution in [0.25, 0.3) is 0 Å². The second-order valence-electron chi connectivity index (χ2n) is 5.39. The Balaban J connectivity index is 2.52. The van der Waals surface area contributed by atoms with Gasteiger partial charge in [-0.25, -0.2) is 8.78 Å². The minimum absolute atomic E-state index is 0.333. The highest BCUT2D eigenvalue weighted by atomic mass is 19.2. The molecule has 2 aromatic rings. The quantitative estimate of drug-likeness (QED) is 0.843. The third-order valence-corrected chi connectivity index (χ3v) is 3.64. The van der Waals surface area contributed by atoms with E-state index in [0.717, 1.165) is 35.7 Å². The Morgan fingerprint density at radius 2 is 1.81 bits per heavy atom. The molecule has 1 unspecified atom stereocenters. The maximum absolute atomic E-state index is 14.2. The number of rotatable bonds is 5. The van der Waals surface area contributed by atoms with Gasteiger partial charge in [0.2, 0.25) is 0 Å². The predicted molar refractivity (Wildman–Crippen MR) is 82.4 cm³/mol. The average molecular weight is 289 g/mol. The van der Waals surface area contributed by atoms with Crippen molar-refractivity contribution in [1.29, 1.82) is 0 Å². The fraction of sp³-hybridized carbons (Fsp3) is 0.333. The molecule has 0 bridgehead atoms. The summed E-state index contributed by atoms with van der Waals surface area (Å²) < 4.78 is 27.7. The van der Waals surface area contributed by atoms with Gasteiger partial charge in [-0.2, -0.15) is 0 Å². The third-order valence-electron chi connectivity index (χ3n) is 3.64. The van der Waals surface area contributed by atoms with Gasteiger partial charge in [-0.1, -0.05) is 42.8 Å². The molecule has 0 radical (unpaired) electrons. The van der Waals surface area contributed by atoms with Crippen LogP contribution in [-0.2, 0) is 0 Å². The predicted octanol–water partition coefficient (Wildman–Crippen LogP) is 4.67. The highest BCUT2D eigenvalue weighted by molar-refractivity contribution is 5.39. The Morgan fingerprint density at radius 3 is 2.52 bits per heavy atom. The molecule has 3 heteroatoms. The summed E-state index contributed by atoms with van der Waals surface area (Å²) in [6.45, 7) is 6.79. The monoisotopic (exact) mass is 289 g/mol. The van der Waals surface area contributed by atoms with Gasteiger partial charge in [0.05, 0.1) is 6.04 Å². The van der Waals surface area contributed by atoms with Gasteiger partial charge in [-0.05, 0) is 44.0 Å². The molecule has 0 amide bonds. The van der Waals surface area contributed by atoms with Crippen LogP contribution < -0.4 is 5.32 Å². The van der Waals surface area contributed by atoms with Crippen LogP contribution in [0.4, 0.5) is 8.78 Å². The molecule has 0 aliphatic rings. The zero-order valence-corrected chi connectivity index (χ0v) is 12.7. The number of aryl methyl sites for hydroxylation is 2. The van der Waals surface area contributed by atoms with Gasteiger partial charge in [0, 0.05) is 5.56 Å². The largest absolute Gasteiger partial charge is 0.306 e. The molecule has 0 aliphatic carbocycles. The number of hydrogen-bond donors (Lipinski definition) is 1. The number of halogens is 2. The first kappa shape index (κ1) is 15.6. The molecule has 0 heterocycles. The molecule has 112 valence electrons. The SMILES string of the molecule is CCCNC(c1cc(C)ccc1C)c1cccc(F)c1F. The van der Waals surface area contributed by atoms with Crippen molar-refractivity contribution in [3.05, 3.63) is 70.3 Å². The normalized spacial score (nSPS) is 12.4. The van der Waals surface area contributed by atoms with Crippen molar-refractivity contribution in [3.63, 3.8) is 0 Å². The molecule has 1 atom stereocenters. The van der Waals surface area contributed by atoms with Crippen molar-refractivity contribution >= 4 is 0 Å². The average Bonchev–Trinajstić information content (AvgIpc) is 2.47. The number of nitrogens with one attached hydrogen (secondary N) is 1. The Morgan fingerprint density at radius 1 is 1.05 bits per heavy atom. The summed E-state index contributed by atoms with van der Waals surface area (Å²) in [4.78, 5) is 0. The molecule has 0 aliphatic heterocycles. The lowest BCUT2D eigenvalue weighted by Crippen LogP contribution is -2.25. The lowest BCUT2D eigenvalue weighted by atomic mass is 9.93. The van der Waals surface area contributed by atoms with E-state index in [2.05, 4.69) is 12.2 Å². The highest BCUT2D eigenvalue weighted by Gasteiger charge is 2.21. The third kappa shape index (κ3) is 3.48. The second-order valence-corrected chi connectivity index (χ2v) is 5.39. The van der Waals surface area contributed by atoms with E-state index in [0.29, 0.717) is 5.56 Å². The molecule has 1 N–H and O–H groups in total. The van der Waals surface area contributed by atoms with Crippen LogP contribution in [0.15, 0.2) is 36.4 Å². The van der Waals surface area contributed by atoms with E-state index in [1.165, 1.54) is 0 Å². The number of hydrogen-bond acceptors (Lipinski definition) is 1. The van der Waals surface area contributed by atoms with Gasteiger partial charge in [-0.3, -0.25) is 0 Å². The Bertz CT molecular complexity index is 621. The summed E-state index contributed by atoms with van der Waals surface area (Å²) in [5.41, 5.74) is 3.53.